The summed E-state index contributed by atoms with van der Waals surface area (Å²) >= 11 is 0. The summed E-state index contributed by atoms with van der Waals surface area (Å²) in [5, 5.41) is 10.4. The van der Waals surface area contributed by atoms with Crippen molar-refractivity contribution in [3.63, 3.8) is 0 Å². The number of hydrogen-bond donors (Lipinski definition) is 2. The smallest absolute Gasteiger partial charge is 0.294 e. The first-order valence-corrected chi connectivity index (χ1v) is 10.6. The van der Waals surface area contributed by atoms with Crippen LogP contribution >= 0.6 is 0 Å². The number of nitrogens with one attached hydrogen (secondary N) is 2. The Morgan fingerprint density at radius 2 is 1.85 bits per heavy atom. The molecule has 0 saturated heterocycles. The predicted octanol–water partition coefficient (Wildman–Crippen LogP) is 3.52. The van der Waals surface area contributed by atoms with Crippen LogP contribution < -0.4 is 10.6 Å². The van der Waals surface area contributed by atoms with Crippen LogP contribution in [0.2, 0.25) is 0 Å². The Morgan fingerprint density at radius 3 is 2.64 bits per heavy atom. The molecule has 4 rings (SSSR count). The highest BCUT2D eigenvalue weighted by Crippen LogP contribution is 2.27. The van der Waals surface area contributed by atoms with Gasteiger partial charge in [-0.2, -0.15) is 0 Å². The fourth-order valence-electron chi connectivity index (χ4n) is 3.26. The van der Waals surface area contributed by atoms with E-state index in [1.54, 1.807) is 6.07 Å². The Morgan fingerprint density at radius 1 is 1.09 bits per heavy atom. The van der Waals surface area contributed by atoms with Crippen LogP contribution in [-0.2, 0) is 29.2 Å². The van der Waals surface area contributed by atoms with Gasteiger partial charge in [-0.25, -0.2) is 9.67 Å². The molecule has 0 unspecified atom stereocenters. The molecule has 9 nitrogen and oxygen atoms in total. The molecule has 0 aliphatic carbocycles. The minimum absolute atomic E-state index is 0.0000222. The second-order valence-electron chi connectivity index (χ2n) is 7.75. The number of nitrogens with zero attached hydrogens (tertiary/aromatic N) is 3. The van der Waals surface area contributed by atoms with E-state index in [-0.39, 0.29) is 36.9 Å². The molecule has 2 aromatic heterocycles. The Labute approximate surface area is 190 Å². The van der Waals surface area contributed by atoms with Crippen molar-refractivity contribution in [2.75, 3.05) is 5.32 Å². The summed E-state index contributed by atoms with van der Waals surface area (Å²) in [6.45, 7) is 4.49. The highest BCUT2D eigenvalue weighted by molar-refractivity contribution is 6.05. The minimum atomic E-state index is -0.486. The number of carbonyl (C=O) groups excluding carboxylic acids is 2. The van der Waals surface area contributed by atoms with Gasteiger partial charge in [-0.15, -0.1) is 5.10 Å². The summed E-state index contributed by atoms with van der Waals surface area (Å²) in [5.41, 5.74) is 2.26. The molecular formula is C24H25N5O4. The van der Waals surface area contributed by atoms with Gasteiger partial charge < -0.3 is 14.5 Å². The van der Waals surface area contributed by atoms with E-state index >= 15 is 0 Å². The highest BCUT2D eigenvalue weighted by atomic mass is 16.5. The summed E-state index contributed by atoms with van der Waals surface area (Å²) in [5.74, 6) is -0.479. The van der Waals surface area contributed by atoms with Gasteiger partial charge in [0.2, 0.25) is 11.9 Å². The van der Waals surface area contributed by atoms with E-state index in [1.807, 2.05) is 62.4 Å². The highest BCUT2D eigenvalue weighted by Gasteiger charge is 2.22. The fourth-order valence-corrected chi connectivity index (χ4v) is 3.26. The fraction of sp³-hybridized carbons (Fsp3) is 0.250. The Hall–Kier alpha value is -3.98. The van der Waals surface area contributed by atoms with Gasteiger partial charge in [0.1, 0.15) is 18.5 Å². The molecule has 0 bridgehead atoms. The van der Waals surface area contributed by atoms with Crippen LogP contribution in [0.25, 0.3) is 11.0 Å². The molecule has 2 aromatic carbocycles. The number of para-hydroxylation sites is 1. The molecule has 2 amide bonds. The number of hydrogen-bond acceptors (Lipinski definition) is 6. The number of fused-ring (bicyclic) bond motifs is 1. The first kappa shape index (κ1) is 22.2. The molecule has 0 spiro atoms. The normalized spacial score (nSPS) is 11.1. The lowest BCUT2D eigenvalue weighted by Crippen LogP contribution is -2.27. The molecule has 0 radical (unpaired) electrons. The molecule has 2 heterocycles. The van der Waals surface area contributed by atoms with Gasteiger partial charge in [-0.3, -0.25) is 14.9 Å². The maximum atomic E-state index is 12.9. The number of aromatic nitrogens is 3. The van der Waals surface area contributed by atoms with E-state index in [0.29, 0.717) is 17.7 Å². The SMILES string of the molecule is CC(C)OCc1c(C(=O)Nc2ncn(CC(=O)NCc3ccccc3)n2)oc2ccccc12. The first-order valence-electron chi connectivity index (χ1n) is 10.6. The van der Waals surface area contributed by atoms with Crippen LogP contribution in [0.3, 0.4) is 0 Å². The number of anilines is 1. The van der Waals surface area contributed by atoms with E-state index in [0.717, 1.165) is 10.9 Å². The Kier molecular flexibility index (Phi) is 6.80. The summed E-state index contributed by atoms with van der Waals surface area (Å²) < 4.78 is 12.9. The zero-order valence-corrected chi connectivity index (χ0v) is 18.4. The van der Waals surface area contributed by atoms with Crippen molar-refractivity contribution in [1.82, 2.24) is 20.1 Å². The lowest BCUT2D eigenvalue weighted by molar-refractivity contribution is -0.122. The van der Waals surface area contributed by atoms with Gasteiger partial charge in [-0.1, -0.05) is 48.5 Å². The second-order valence-corrected chi connectivity index (χ2v) is 7.75. The summed E-state index contributed by atoms with van der Waals surface area (Å²) in [6, 6.07) is 17.0. The summed E-state index contributed by atoms with van der Waals surface area (Å²) in [6.07, 6.45) is 1.39. The van der Waals surface area contributed by atoms with Gasteiger partial charge >= 0.3 is 0 Å². The van der Waals surface area contributed by atoms with Crippen molar-refractivity contribution in [2.45, 2.75) is 39.6 Å². The van der Waals surface area contributed by atoms with Gasteiger partial charge in [0.05, 0.1) is 12.7 Å². The maximum Gasteiger partial charge on any atom is 0.294 e. The van der Waals surface area contributed by atoms with E-state index in [2.05, 4.69) is 20.7 Å². The third-order valence-corrected chi connectivity index (χ3v) is 4.87. The van der Waals surface area contributed by atoms with E-state index in [9.17, 15) is 9.59 Å². The summed E-state index contributed by atoms with van der Waals surface area (Å²) in [7, 11) is 0. The molecule has 0 aliphatic heterocycles. The number of furan rings is 1. The van der Waals surface area contributed by atoms with Gasteiger partial charge in [0.15, 0.2) is 5.76 Å². The van der Waals surface area contributed by atoms with E-state index < -0.39 is 5.91 Å². The van der Waals surface area contributed by atoms with Crippen LogP contribution in [0.15, 0.2) is 65.3 Å². The van der Waals surface area contributed by atoms with E-state index in [4.69, 9.17) is 9.15 Å². The van der Waals surface area contributed by atoms with Crippen molar-refractivity contribution in [1.29, 1.82) is 0 Å². The van der Waals surface area contributed by atoms with Crippen molar-refractivity contribution in [3.8, 4) is 0 Å². The van der Waals surface area contributed by atoms with Gasteiger partial charge in [-0.05, 0) is 25.5 Å². The van der Waals surface area contributed by atoms with Crippen molar-refractivity contribution in [3.05, 3.63) is 77.8 Å². The predicted molar refractivity (Wildman–Crippen MR) is 122 cm³/mol. The Balaban J connectivity index is 1.41. The van der Waals surface area contributed by atoms with Crippen LogP contribution in [0.5, 0.6) is 0 Å². The minimum Gasteiger partial charge on any atom is -0.451 e. The molecule has 0 saturated carbocycles. The van der Waals surface area contributed by atoms with Crippen LogP contribution in [0.4, 0.5) is 5.95 Å². The van der Waals surface area contributed by atoms with Crippen LogP contribution in [0, 0.1) is 0 Å². The van der Waals surface area contributed by atoms with Crippen LogP contribution in [-0.4, -0.2) is 32.7 Å². The van der Waals surface area contributed by atoms with Gasteiger partial charge in [0.25, 0.3) is 5.91 Å². The van der Waals surface area contributed by atoms with Crippen molar-refractivity contribution >= 4 is 28.7 Å². The third-order valence-electron chi connectivity index (χ3n) is 4.87. The largest absolute Gasteiger partial charge is 0.451 e. The molecule has 9 heteroatoms. The first-order chi connectivity index (χ1) is 16.0. The molecule has 0 fully saturated rings. The second kappa shape index (κ2) is 10.1. The average molecular weight is 447 g/mol. The molecule has 33 heavy (non-hydrogen) atoms. The zero-order chi connectivity index (χ0) is 23.2. The number of benzene rings is 2. The maximum absolute atomic E-state index is 12.9. The quantitative estimate of drug-likeness (QED) is 0.406. The van der Waals surface area contributed by atoms with Crippen molar-refractivity contribution < 1.29 is 18.7 Å². The molecular weight excluding hydrogens is 422 g/mol. The van der Waals surface area contributed by atoms with E-state index in [1.165, 1.54) is 11.0 Å². The zero-order valence-electron chi connectivity index (χ0n) is 18.4. The Bertz CT molecular complexity index is 1250. The molecule has 170 valence electrons. The number of rotatable bonds is 9. The number of carbonyl (C=O) groups is 2. The topological polar surface area (TPSA) is 111 Å². The van der Waals surface area contributed by atoms with Crippen molar-refractivity contribution in [2.24, 2.45) is 0 Å². The molecule has 2 N–H and O–H groups in total. The molecule has 0 aliphatic rings. The third kappa shape index (κ3) is 5.64. The number of amides is 2. The molecule has 4 aromatic rings. The standard InChI is InChI=1S/C24H25N5O4/c1-16(2)32-14-19-18-10-6-7-11-20(18)33-22(19)23(31)27-24-26-15-29(28-24)13-21(30)25-12-17-8-4-3-5-9-17/h3-11,15-16H,12-14H2,1-2H3,(H,25,30)(H,27,28,31). The number of ether oxygens (including phenoxy) is 1. The molecule has 0 atom stereocenters. The summed E-state index contributed by atoms with van der Waals surface area (Å²) in [4.78, 5) is 29.2. The average Bonchev–Trinajstić information content (AvgIpc) is 3.41. The van der Waals surface area contributed by atoms with Gasteiger partial charge in [0, 0.05) is 17.5 Å². The monoisotopic (exact) mass is 447 g/mol. The lowest BCUT2D eigenvalue weighted by Gasteiger charge is -2.08. The van der Waals surface area contributed by atoms with Crippen LogP contribution in [0.1, 0.15) is 35.5 Å². The lowest BCUT2D eigenvalue weighted by atomic mass is 10.1.